The van der Waals surface area contributed by atoms with Gasteiger partial charge in [0.05, 0.1) is 5.56 Å². The predicted molar refractivity (Wildman–Crippen MR) is 109 cm³/mol. The molecule has 1 aromatic carbocycles. The van der Waals surface area contributed by atoms with Crippen molar-refractivity contribution in [2.24, 2.45) is 11.8 Å². The lowest BCUT2D eigenvalue weighted by Gasteiger charge is -2.28. The summed E-state index contributed by atoms with van der Waals surface area (Å²) in [6.07, 6.45) is 1.79. The summed E-state index contributed by atoms with van der Waals surface area (Å²) in [5.74, 6) is 2.07. The maximum atomic E-state index is 9.37. The minimum Gasteiger partial charge on any atom is -0.355 e. The van der Waals surface area contributed by atoms with Gasteiger partial charge in [-0.25, -0.2) is 4.98 Å². The highest BCUT2D eigenvalue weighted by atomic mass is 35.5. The number of hydrogen-bond donors (Lipinski definition) is 0. The van der Waals surface area contributed by atoms with Crippen LogP contribution >= 0.6 is 24.8 Å². The number of benzene rings is 1. The van der Waals surface area contributed by atoms with Crippen molar-refractivity contribution in [2.75, 3.05) is 31.6 Å². The molecule has 2 aliphatic heterocycles. The van der Waals surface area contributed by atoms with Crippen LogP contribution in [-0.4, -0.2) is 36.6 Å². The lowest BCUT2D eigenvalue weighted by molar-refractivity contribution is 0.279. The number of fused-ring (bicyclic) bond motifs is 1. The van der Waals surface area contributed by atoms with E-state index in [9.17, 15) is 5.26 Å². The zero-order valence-corrected chi connectivity index (χ0v) is 16.6. The van der Waals surface area contributed by atoms with Gasteiger partial charge in [0, 0.05) is 37.8 Å². The highest BCUT2D eigenvalue weighted by Crippen LogP contribution is 2.45. The first-order chi connectivity index (χ1) is 11.7. The molecule has 0 spiro atoms. The average molecular weight is 391 g/mol. The molecule has 2 fully saturated rings. The molecule has 0 aliphatic carbocycles. The zero-order valence-electron chi connectivity index (χ0n) is 15.0. The number of pyridine rings is 1. The van der Waals surface area contributed by atoms with E-state index in [1.165, 1.54) is 11.1 Å². The van der Waals surface area contributed by atoms with Crippen LogP contribution in [0.4, 0.5) is 5.82 Å². The lowest BCUT2D eigenvalue weighted by atomic mass is 9.88. The second-order valence-corrected chi connectivity index (χ2v) is 7.06. The molecule has 0 radical (unpaired) electrons. The van der Waals surface area contributed by atoms with E-state index < -0.39 is 0 Å². The van der Waals surface area contributed by atoms with Crippen LogP contribution in [0.25, 0.3) is 0 Å². The van der Waals surface area contributed by atoms with Crippen molar-refractivity contribution >= 4 is 30.6 Å². The van der Waals surface area contributed by atoms with Gasteiger partial charge in [-0.3, -0.25) is 4.90 Å². The van der Waals surface area contributed by atoms with Gasteiger partial charge in [0.15, 0.2) is 0 Å². The van der Waals surface area contributed by atoms with Crippen molar-refractivity contribution in [1.29, 1.82) is 5.26 Å². The van der Waals surface area contributed by atoms with E-state index in [-0.39, 0.29) is 24.8 Å². The first kappa shape index (κ1) is 20.5. The number of nitriles is 1. The monoisotopic (exact) mass is 390 g/mol. The number of anilines is 1. The maximum Gasteiger partial charge on any atom is 0.146 e. The van der Waals surface area contributed by atoms with Gasteiger partial charge < -0.3 is 4.90 Å². The predicted octanol–water partition coefficient (Wildman–Crippen LogP) is 3.84. The van der Waals surface area contributed by atoms with Crippen molar-refractivity contribution in [3.05, 3.63) is 59.3 Å². The summed E-state index contributed by atoms with van der Waals surface area (Å²) in [6, 6.07) is 15.2. The second kappa shape index (κ2) is 8.26. The van der Waals surface area contributed by atoms with E-state index in [4.69, 9.17) is 0 Å². The Morgan fingerprint density at radius 2 is 1.85 bits per heavy atom. The summed E-state index contributed by atoms with van der Waals surface area (Å²) in [6.45, 7) is 5.27. The fourth-order valence-corrected chi connectivity index (χ4v) is 4.55. The molecule has 0 unspecified atom stereocenters. The van der Waals surface area contributed by atoms with Crippen molar-refractivity contribution in [2.45, 2.75) is 13.0 Å². The van der Waals surface area contributed by atoms with Gasteiger partial charge in [-0.1, -0.05) is 24.3 Å². The summed E-state index contributed by atoms with van der Waals surface area (Å²) in [5, 5.41) is 9.37. The first-order valence-electron chi connectivity index (χ1n) is 8.55. The topological polar surface area (TPSA) is 43.2 Å². The molecule has 4 nitrogen and oxygen atoms in total. The van der Waals surface area contributed by atoms with Crippen LogP contribution in [0.15, 0.2) is 42.6 Å². The molecular weight excluding hydrogens is 367 g/mol. The third kappa shape index (κ3) is 3.40. The van der Waals surface area contributed by atoms with E-state index in [1.54, 1.807) is 6.20 Å². The third-order valence-electron chi connectivity index (χ3n) is 5.61. The summed E-state index contributed by atoms with van der Waals surface area (Å²) >= 11 is 0. The Bertz CT molecular complexity index is 804. The summed E-state index contributed by atoms with van der Waals surface area (Å²) in [4.78, 5) is 9.29. The molecule has 2 saturated heterocycles. The number of aromatic nitrogens is 1. The number of likely N-dealkylation sites (tertiary alicyclic amines) is 1. The van der Waals surface area contributed by atoms with E-state index in [0.717, 1.165) is 25.5 Å². The zero-order chi connectivity index (χ0) is 16.7. The Morgan fingerprint density at radius 1 is 1.08 bits per heavy atom. The number of aryl methyl sites for hydroxylation is 1. The van der Waals surface area contributed by atoms with Crippen molar-refractivity contribution in [1.82, 2.24) is 9.88 Å². The molecule has 2 aliphatic rings. The van der Waals surface area contributed by atoms with Gasteiger partial charge in [-0.05, 0) is 43.1 Å². The van der Waals surface area contributed by atoms with Gasteiger partial charge in [0.2, 0.25) is 0 Å². The molecule has 3 heterocycles. The van der Waals surface area contributed by atoms with Crippen LogP contribution < -0.4 is 4.90 Å². The minimum atomic E-state index is 0. The Labute approximate surface area is 167 Å². The SMILES string of the molecule is Cc1ccccc1[C@@H]1[C@@H]2CN(c3ncccc3C#N)C[C@@H]2CN1C.Cl.Cl. The van der Waals surface area contributed by atoms with Crippen LogP contribution in [0, 0.1) is 30.1 Å². The van der Waals surface area contributed by atoms with Crippen LogP contribution in [0.2, 0.25) is 0 Å². The van der Waals surface area contributed by atoms with Gasteiger partial charge in [0.1, 0.15) is 11.9 Å². The molecular formula is C20H24Cl2N4. The van der Waals surface area contributed by atoms with Crippen LogP contribution in [0.3, 0.4) is 0 Å². The fraction of sp³-hybridized carbons (Fsp3) is 0.400. The quantitative estimate of drug-likeness (QED) is 0.780. The molecule has 2 aromatic rings. The number of rotatable bonds is 2. The fourth-order valence-electron chi connectivity index (χ4n) is 4.55. The van der Waals surface area contributed by atoms with E-state index >= 15 is 0 Å². The van der Waals surface area contributed by atoms with Crippen molar-refractivity contribution in [3.63, 3.8) is 0 Å². The van der Waals surface area contributed by atoms with E-state index in [2.05, 4.69) is 59.1 Å². The largest absolute Gasteiger partial charge is 0.355 e. The minimum absolute atomic E-state index is 0. The maximum absolute atomic E-state index is 9.37. The average Bonchev–Trinajstić information content (AvgIpc) is 3.12. The van der Waals surface area contributed by atoms with Crippen molar-refractivity contribution in [3.8, 4) is 6.07 Å². The normalized spacial score (nSPS) is 24.3. The lowest BCUT2D eigenvalue weighted by Crippen LogP contribution is -2.30. The molecule has 4 rings (SSSR count). The molecule has 6 heteroatoms. The molecule has 0 N–H and O–H groups in total. The first-order valence-corrected chi connectivity index (χ1v) is 8.55. The Hall–Kier alpha value is -1.80. The number of hydrogen-bond acceptors (Lipinski definition) is 4. The molecule has 26 heavy (non-hydrogen) atoms. The molecule has 3 atom stereocenters. The highest BCUT2D eigenvalue weighted by molar-refractivity contribution is 5.85. The van der Waals surface area contributed by atoms with Gasteiger partial charge in [-0.2, -0.15) is 5.26 Å². The van der Waals surface area contributed by atoms with Gasteiger partial charge in [0.25, 0.3) is 0 Å². The molecule has 0 bridgehead atoms. The van der Waals surface area contributed by atoms with Crippen LogP contribution in [-0.2, 0) is 0 Å². The Morgan fingerprint density at radius 3 is 2.58 bits per heavy atom. The van der Waals surface area contributed by atoms with Crippen LogP contribution in [0.5, 0.6) is 0 Å². The van der Waals surface area contributed by atoms with Crippen molar-refractivity contribution < 1.29 is 0 Å². The number of nitrogens with zero attached hydrogens (tertiary/aromatic N) is 4. The number of halogens is 2. The Balaban J connectivity index is 0.00000121. The molecule has 0 amide bonds. The van der Waals surface area contributed by atoms with Gasteiger partial charge >= 0.3 is 0 Å². The second-order valence-electron chi connectivity index (χ2n) is 7.06. The van der Waals surface area contributed by atoms with E-state index in [1.807, 2.05) is 12.1 Å². The summed E-state index contributed by atoms with van der Waals surface area (Å²) < 4.78 is 0. The highest BCUT2D eigenvalue weighted by Gasteiger charge is 2.47. The third-order valence-corrected chi connectivity index (χ3v) is 5.61. The Kier molecular flexibility index (Phi) is 6.52. The van der Waals surface area contributed by atoms with Crippen LogP contribution in [0.1, 0.15) is 22.7 Å². The summed E-state index contributed by atoms with van der Waals surface area (Å²) in [7, 11) is 2.24. The summed E-state index contributed by atoms with van der Waals surface area (Å²) in [5.41, 5.74) is 3.48. The molecule has 1 aromatic heterocycles. The molecule has 0 saturated carbocycles. The van der Waals surface area contributed by atoms with E-state index in [0.29, 0.717) is 23.4 Å². The van der Waals surface area contributed by atoms with Gasteiger partial charge in [-0.15, -0.1) is 24.8 Å². The standard InChI is InChI=1S/C20H22N4.2ClH/c1-14-6-3-4-8-17(14)19-18-13-24(12-16(18)11-23(19)2)20-15(10-21)7-5-9-22-20;;/h3-9,16,18-19H,11-13H2,1-2H3;2*1H/t16-,18+,19+;;/m0../s1. The molecule has 138 valence electrons. The smallest absolute Gasteiger partial charge is 0.146 e.